The Kier molecular flexibility index (Phi) is 3.21. The average Bonchev–Trinajstić information content (AvgIpc) is 2.83. The number of nitrogens with one attached hydrogen (secondary N) is 1. The number of rotatable bonds is 5. The molecule has 0 aliphatic rings. The second-order valence-corrected chi connectivity index (χ2v) is 3.62. The molecular formula is C10H6N3O7. The fraction of sp³-hybridized carbons (Fsp3) is 0.100. The van der Waals surface area contributed by atoms with E-state index >= 15 is 0 Å². The number of aromatic amines is 1. The number of carbonyl (C=O) groups is 1. The first-order valence-electron chi connectivity index (χ1n) is 5.11. The molecule has 0 amide bonds. The number of ether oxygens (including phenoxy) is 1. The molecule has 2 N–H and O–H groups in total. The monoisotopic (exact) mass is 280 g/mol. The van der Waals surface area contributed by atoms with Gasteiger partial charge in [-0.05, 0) is 0 Å². The van der Waals surface area contributed by atoms with Crippen molar-refractivity contribution in [2.24, 2.45) is 0 Å². The van der Waals surface area contributed by atoms with Crippen LogP contribution < -0.4 is 4.74 Å². The molecule has 0 saturated carbocycles. The van der Waals surface area contributed by atoms with E-state index < -0.39 is 33.8 Å². The Morgan fingerprint density at radius 3 is 2.55 bits per heavy atom. The lowest BCUT2D eigenvalue weighted by Gasteiger charge is -2.06. The third-order valence-electron chi connectivity index (χ3n) is 2.41. The number of aliphatic carboxylic acids is 1. The summed E-state index contributed by atoms with van der Waals surface area (Å²) in [5.74, 6) is -1.71. The van der Waals surface area contributed by atoms with Gasteiger partial charge in [-0.3, -0.25) is 20.2 Å². The second-order valence-electron chi connectivity index (χ2n) is 3.62. The lowest BCUT2D eigenvalue weighted by atomic mass is 10.2. The van der Waals surface area contributed by atoms with Crippen molar-refractivity contribution in [3.63, 3.8) is 0 Å². The number of aromatic nitrogens is 1. The van der Waals surface area contributed by atoms with E-state index in [0.717, 1.165) is 0 Å². The predicted molar refractivity (Wildman–Crippen MR) is 63.6 cm³/mol. The first kappa shape index (κ1) is 13.3. The third kappa shape index (κ3) is 2.21. The van der Waals surface area contributed by atoms with E-state index in [0.29, 0.717) is 6.07 Å². The Morgan fingerprint density at radius 2 is 2.00 bits per heavy atom. The minimum atomic E-state index is -1.33. The fourth-order valence-corrected chi connectivity index (χ4v) is 1.66. The topological polar surface area (TPSA) is 149 Å². The van der Waals surface area contributed by atoms with Crippen molar-refractivity contribution in [2.75, 3.05) is 6.61 Å². The normalized spacial score (nSPS) is 10.4. The Hall–Kier alpha value is -3.17. The number of nitro benzene ring substituents is 2. The molecule has 0 atom stereocenters. The molecule has 0 spiro atoms. The van der Waals surface area contributed by atoms with Gasteiger partial charge in [0.1, 0.15) is 11.6 Å². The maximum absolute atomic E-state index is 10.9. The summed E-state index contributed by atoms with van der Waals surface area (Å²) in [5.41, 5.74) is -1.24. The lowest BCUT2D eigenvalue weighted by Crippen LogP contribution is -2.11. The van der Waals surface area contributed by atoms with Crippen molar-refractivity contribution in [1.82, 2.24) is 4.98 Å². The van der Waals surface area contributed by atoms with Crippen LogP contribution in [0.25, 0.3) is 10.9 Å². The number of carboxylic acid groups (broad SMARTS) is 1. The first-order chi connectivity index (χ1) is 9.41. The van der Waals surface area contributed by atoms with Crippen LogP contribution in [-0.4, -0.2) is 32.5 Å². The number of fused-ring (bicyclic) bond motifs is 1. The number of carboxylic acids is 1. The number of nitro groups is 2. The van der Waals surface area contributed by atoms with Gasteiger partial charge in [-0.15, -0.1) is 0 Å². The van der Waals surface area contributed by atoms with Crippen molar-refractivity contribution in [3.05, 3.63) is 38.6 Å². The summed E-state index contributed by atoms with van der Waals surface area (Å²) < 4.78 is 4.85. The van der Waals surface area contributed by atoms with Gasteiger partial charge in [-0.25, -0.2) is 4.79 Å². The van der Waals surface area contributed by atoms with Crippen molar-refractivity contribution >= 4 is 28.2 Å². The summed E-state index contributed by atoms with van der Waals surface area (Å²) >= 11 is 0. The highest BCUT2D eigenvalue weighted by molar-refractivity contribution is 5.96. The molecule has 0 saturated heterocycles. The van der Waals surface area contributed by atoms with Gasteiger partial charge in [-0.2, -0.15) is 0 Å². The number of benzene rings is 1. The quantitative estimate of drug-likeness (QED) is 0.618. The highest BCUT2D eigenvalue weighted by atomic mass is 16.6. The maximum atomic E-state index is 10.9. The number of nitrogens with zero attached hydrogens (tertiary/aromatic N) is 2. The average molecular weight is 280 g/mol. The zero-order valence-corrected chi connectivity index (χ0v) is 9.65. The molecule has 10 heteroatoms. The van der Waals surface area contributed by atoms with Crippen LogP contribution in [0, 0.1) is 26.3 Å². The molecule has 1 heterocycles. The fourth-order valence-electron chi connectivity index (χ4n) is 1.66. The summed E-state index contributed by atoms with van der Waals surface area (Å²) in [6.45, 7) is -0.813. The van der Waals surface area contributed by atoms with Gasteiger partial charge < -0.3 is 14.8 Å². The Bertz CT molecular complexity index is 721. The van der Waals surface area contributed by atoms with E-state index in [1.165, 1.54) is 6.20 Å². The highest BCUT2D eigenvalue weighted by Crippen LogP contribution is 2.40. The molecule has 20 heavy (non-hydrogen) atoms. The van der Waals surface area contributed by atoms with E-state index in [9.17, 15) is 25.0 Å². The van der Waals surface area contributed by atoms with Gasteiger partial charge in [0, 0.05) is 12.3 Å². The molecule has 2 rings (SSSR count). The van der Waals surface area contributed by atoms with Crippen molar-refractivity contribution in [2.45, 2.75) is 0 Å². The minimum Gasteiger partial charge on any atom is -0.479 e. The number of non-ortho nitro benzene ring substituents is 1. The van der Waals surface area contributed by atoms with E-state index in [1.54, 1.807) is 0 Å². The number of hydrogen-bond donors (Lipinski definition) is 2. The van der Waals surface area contributed by atoms with E-state index in [1.807, 2.05) is 0 Å². The third-order valence-corrected chi connectivity index (χ3v) is 2.41. The molecule has 1 radical (unpaired) electrons. The molecule has 1 aromatic heterocycles. The van der Waals surface area contributed by atoms with Crippen LogP contribution in [0.4, 0.5) is 11.4 Å². The van der Waals surface area contributed by atoms with Crippen molar-refractivity contribution < 1.29 is 24.5 Å². The first-order valence-corrected chi connectivity index (χ1v) is 5.11. The highest BCUT2D eigenvalue weighted by Gasteiger charge is 2.28. The molecule has 1 aromatic carbocycles. The smallest absolute Gasteiger partial charge is 0.341 e. The zero-order chi connectivity index (χ0) is 14.9. The Morgan fingerprint density at radius 1 is 1.35 bits per heavy atom. The van der Waals surface area contributed by atoms with E-state index in [4.69, 9.17) is 9.84 Å². The molecule has 2 aromatic rings. The maximum Gasteiger partial charge on any atom is 0.341 e. The van der Waals surface area contributed by atoms with Crippen LogP contribution in [0.15, 0.2) is 12.3 Å². The van der Waals surface area contributed by atoms with Gasteiger partial charge in [0.2, 0.25) is 5.75 Å². The van der Waals surface area contributed by atoms with Crippen LogP contribution in [0.3, 0.4) is 0 Å². The van der Waals surface area contributed by atoms with Gasteiger partial charge in [0.25, 0.3) is 5.69 Å². The van der Waals surface area contributed by atoms with Gasteiger partial charge >= 0.3 is 11.7 Å². The summed E-state index contributed by atoms with van der Waals surface area (Å²) in [4.78, 5) is 33.1. The van der Waals surface area contributed by atoms with Gasteiger partial charge in [0.15, 0.2) is 6.61 Å². The van der Waals surface area contributed by atoms with Crippen molar-refractivity contribution in [1.29, 1.82) is 0 Å². The largest absolute Gasteiger partial charge is 0.479 e. The predicted octanol–water partition coefficient (Wildman–Crippen LogP) is 1.25. The molecule has 0 bridgehead atoms. The summed E-state index contributed by atoms with van der Waals surface area (Å²) in [6, 6.07) is 3.23. The van der Waals surface area contributed by atoms with Crippen LogP contribution in [0.5, 0.6) is 5.75 Å². The van der Waals surface area contributed by atoms with Crippen LogP contribution in [0.1, 0.15) is 0 Å². The molecule has 0 aliphatic carbocycles. The number of hydrogen-bond acceptors (Lipinski definition) is 6. The summed E-state index contributed by atoms with van der Waals surface area (Å²) in [6.07, 6.45) is 1.22. The minimum absolute atomic E-state index is 0.0269. The second kappa shape index (κ2) is 4.84. The SMILES string of the molecule is O=C(O)COc1c([N+](=O)[O-])cc([N+](=O)[O-])c2[nH]c[c]c12. The van der Waals surface area contributed by atoms with E-state index in [2.05, 4.69) is 11.1 Å². The summed E-state index contributed by atoms with van der Waals surface area (Å²) in [7, 11) is 0. The van der Waals surface area contributed by atoms with Crippen molar-refractivity contribution in [3.8, 4) is 5.75 Å². The molecular weight excluding hydrogens is 274 g/mol. The van der Waals surface area contributed by atoms with Gasteiger partial charge in [-0.1, -0.05) is 0 Å². The molecule has 103 valence electrons. The summed E-state index contributed by atoms with van der Waals surface area (Å²) in [5, 5.41) is 30.3. The molecule has 10 nitrogen and oxygen atoms in total. The molecule has 0 fully saturated rings. The Labute approximate surface area is 109 Å². The zero-order valence-electron chi connectivity index (χ0n) is 9.65. The van der Waals surface area contributed by atoms with Crippen LogP contribution >= 0.6 is 0 Å². The van der Waals surface area contributed by atoms with Gasteiger partial charge in [0.05, 0.1) is 15.2 Å². The lowest BCUT2D eigenvalue weighted by molar-refractivity contribution is -0.393. The molecule has 0 aliphatic heterocycles. The standard InChI is InChI=1S/C10H6N3O7/c14-8(15)4-20-10-5-1-2-11-9(5)6(12(16)17)3-7(10)13(18)19/h2-3,11H,4H2,(H,14,15). The Balaban J connectivity index is 2.70. The van der Waals surface area contributed by atoms with Crippen LogP contribution in [0.2, 0.25) is 0 Å². The van der Waals surface area contributed by atoms with Crippen LogP contribution in [-0.2, 0) is 4.79 Å². The van der Waals surface area contributed by atoms with E-state index in [-0.39, 0.29) is 16.7 Å². The molecule has 0 unspecified atom stereocenters. The number of H-pyrrole nitrogens is 1.